The second kappa shape index (κ2) is 4.19. The normalized spacial score (nSPS) is 36.8. The van der Waals surface area contributed by atoms with Crippen molar-refractivity contribution in [1.29, 1.82) is 0 Å². The highest BCUT2D eigenvalue weighted by molar-refractivity contribution is 6.07. The number of fused-ring (bicyclic) bond motifs is 5. The first-order chi connectivity index (χ1) is 9.06. The molecule has 3 rings (SSSR count). The van der Waals surface area contributed by atoms with Gasteiger partial charge in [0.15, 0.2) is 0 Å². The van der Waals surface area contributed by atoms with Crippen molar-refractivity contribution in [3.63, 3.8) is 0 Å². The lowest BCUT2D eigenvalue weighted by atomic mass is 9.85. The van der Waals surface area contributed by atoms with Crippen molar-refractivity contribution in [3.8, 4) is 0 Å². The van der Waals surface area contributed by atoms with Crippen molar-refractivity contribution in [3.05, 3.63) is 37.0 Å². The molecular formula is C16H19NO2. The molecule has 1 heterocycles. The summed E-state index contributed by atoms with van der Waals surface area (Å²) in [5.41, 5.74) is 0.849. The number of hydrogen-bond donors (Lipinski definition) is 0. The number of hydrogen-bond acceptors (Lipinski definition) is 2. The summed E-state index contributed by atoms with van der Waals surface area (Å²) in [6.07, 6.45) is 7.54. The predicted octanol–water partition coefficient (Wildman–Crippen LogP) is 2.31. The lowest BCUT2D eigenvalue weighted by Gasteiger charge is -2.27. The molecule has 0 N–H and O–H groups in total. The summed E-state index contributed by atoms with van der Waals surface area (Å²) in [7, 11) is 0. The van der Waals surface area contributed by atoms with Gasteiger partial charge in [0.25, 0.3) is 0 Å². The first-order valence-corrected chi connectivity index (χ1v) is 6.87. The minimum Gasteiger partial charge on any atom is -0.274 e. The molecule has 2 bridgehead atoms. The Morgan fingerprint density at radius 2 is 1.89 bits per heavy atom. The predicted molar refractivity (Wildman–Crippen MR) is 73.0 cm³/mol. The zero-order valence-corrected chi connectivity index (χ0v) is 11.2. The van der Waals surface area contributed by atoms with Gasteiger partial charge in [0.05, 0.1) is 17.9 Å². The zero-order chi connectivity index (χ0) is 13.7. The fourth-order valence-corrected chi connectivity index (χ4v) is 3.92. The number of carbonyl (C=O) groups excluding carboxylic acids is 2. The number of likely N-dealkylation sites (tertiary alicyclic amines) is 1. The van der Waals surface area contributed by atoms with E-state index in [0.29, 0.717) is 6.42 Å². The maximum atomic E-state index is 12.6. The molecule has 100 valence electrons. The third kappa shape index (κ3) is 1.57. The van der Waals surface area contributed by atoms with Crippen molar-refractivity contribution < 1.29 is 9.59 Å². The maximum Gasteiger partial charge on any atom is 0.234 e. The van der Waals surface area contributed by atoms with Gasteiger partial charge in [0.1, 0.15) is 0 Å². The summed E-state index contributed by atoms with van der Waals surface area (Å²) in [5, 5.41) is 0. The molecule has 2 amide bonds. The standard InChI is InChI=1S/C16H19NO2/c1-4-5-12(9(2)3)17-15(18)13-10-6-7-11(8-10)14(13)16(17)19/h4,6-7,10-14H,1-2,5,8H2,3H3. The van der Waals surface area contributed by atoms with Crippen molar-refractivity contribution in [2.75, 3.05) is 0 Å². The molecule has 0 spiro atoms. The van der Waals surface area contributed by atoms with Gasteiger partial charge in [-0.25, -0.2) is 0 Å². The van der Waals surface area contributed by atoms with E-state index in [4.69, 9.17) is 0 Å². The molecule has 5 unspecified atom stereocenters. The quantitative estimate of drug-likeness (QED) is 0.572. The van der Waals surface area contributed by atoms with Crippen LogP contribution in [0.2, 0.25) is 0 Å². The van der Waals surface area contributed by atoms with E-state index in [9.17, 15) is 9.59 Å². The average molecular weight is 257 g/mol. The van der Waals surface area contributed by atoms with Crippen LogP contribution in [0.25, 0.3) is 0 Å². The van der Waals surface area contributed by atoms with E-state index in [1.54, 1.807) is 6.08 Å². The van der Waals surface area contributed by atoms with Gasteiger partial charge in [0.2, 0.25) is 11.8 Å². The molecule has 1 saturated carbocycles. The first kappa shape index (κ1) is 12.4. The third-order valence-corrected chi connectivity index (χ3v) is 4.77. The van der Waals surface area contributed by atoms with Crippen molar-refractivity contribution in [2.45, 2.75) is 25.8 Å². The molecule has 3 nitrogen and oxygen atoms in total. The molecule has 0 aromatic heterocycles. The Bertz CT molecular complexity index is 475. The van der Waals surface area contributed by atoms with E-state index in [1.165, 1.54) is 4.90 Å². The molecule has 1 aliphatic heterocycles. The van der Waals surface area contributed by atoms with Crippen LogP contribution in [0, 0.1) is 23.7 Å². The molecule has 2 fully saturated rings. The fraction of sp³-hybridized carbons (Fsp3) is 0.500. The molecule has 0 aromatic rings. The average Bonchev–Trinajstić information content (AvgIpc) is 3.02. The number of carbonyl (C=O) groups is 2. The van der Waals surface area contributed by atoms with Crippen LogP contribution in [-0.4, -0.2) is 22.8 Å². The summed E-state index contributed by atoms with van der Waals surface area (Å²) >= 11 is 0. The van der Waals surface area contributed by atoms with Gasteiger partial charge < -0.3 is 0 Å². The van der Waals surface area contributed by atoms with Crippen LogP contribution in [0.4, 0.5) is 0 Å². The minimum absolute atomic E-state index is 0.00157. The second-order valence-electron chi connectivity index (χ2n) is 5.93. The second-order valence-corrected chi connectivity index (χ2v) is 5.93. The molecular weight excluding hydrogens is 238 g/mol. The summed E-state index contributed by atoms with van der Waals surface area (Å²) in [4.78, 5) is 26.7. The molecule has 1 saturated heterocycles. The van der Waals surface area contributed by atoms with E-state index in [0.717, 1.165) is 12.0 Å². The monoisotopic (exact) mass is 257 g/mol. The van der Waals surface area contributed by atoms with Gasteiger partial charge in [0, 0.05) is 0 Å². The first-order valence-electron chi connectivity index (χ1n) is 6.87. The summed E-state index contributed by atoms with van der Waals surface area (Å²) in [6.45, 7) is 9.51. The molecule has 3 aliphatic rings. The molecule has 0 radical (unpaired) electrons. The number of amides is 2. The van der Waals surface area contributed by atoms with Gasteiger partial charge in [-0.2, -0.15) is 0 Å². The summed E-state index contributed by atoms with van der Waals surface area (Å²) < 4.78 is 0. The van der Waals surface area contributed by atoms with Gasteiger partial charge in [-0.3, -0.25) is 14.5 Å². The van der Waals surface area contributed by atoms with Crippen LogP contribution >= 0.6 is 0 Å². The molecule has 3 heteroatoms. The number of allylic oxidation sites excluding steroid dienone is 2. The van der Waals surface area contributed by atoms with E-state index in [-0.39, 0.29) is 41.5 Å². The Hall–Kier alpha value is -1.64. The van der Waals surface area contributed by atoms with E-state index < -0.39 is 0 Å². The van der Waals surface area contributed by atoms with Crippen LogP contribution in [-0.2, 0) is 9.59 Å². The van der Waals surface area contributed by atoms with E-state index >= 15 is 0 Å². The Balaban J connectivity index is 1.93. The molecule has 19 heavy (non-hydrogen) atoms. The largest absolute Gasteiger partial charge is 0.274 e. The van der Waals surface area contributed by atoms with Gasteiger partial charge >= 0.3 is 0 Å². The van der Waals surface area contributed by atoms with E-state index in [2.05, 4.69) is 25.3 Å². The Morgan fingerprint density at radius 3 is 2.32 bits per heavy atom. The lowest BCUT2D eigenvalue weighted by molar-refractivity contribution is -0.142. The summed E-state index contributed by atoms with van der Waals surface area (Å²) in [6, 6.07) is -0.220. The maximum absolute atomic E-state index is 12.6. The van der Waals surface area contributed by atoms with Crippen LogP contribution in [0.5, 0.6) is 0 Å². The van der Waals surface area contributed by atoms with Gasteiger partial charge in [-0.1, -0.05) is 30.4 Å². The minimum atomic E-state index is -0.220. The van der Waals surface area contributed by atoms with Gasteiger partial charge in [-0.05, 0) is 31.6 Å². The fourth-order valence-electron chi connectivity index (χ4n) is 3.92. The number of nitrogens with zero attached hydrogens (tertiary/aromatic N) is 1. The molecule has 2 aliphatic carbocycles. The number of rotatable bonds is 4. The van der Waals surface area contributed by atoms with E-state index in [1.807, 2.05) is 6.92 Å². The highest BCUT2D eigenvalue weighted by atomic mass is 16.2. The SMILES string of the molecule is C=CCC(C(=C)C)N1C(=O)C2C3C=CC(C3)C2C1=O. The van der Waals surface area contributed by atoms with Crippen LogP contribution in [0.1, 0.15) is 19.8 Å². The third-order valence-electron chi connectivity index (χ3n) is 4.77. The van der Waals surface area contributed by atoms with Crippen LogP contribution in [0.15, 0.2) is 37.0 Å². The summed E-state index contributed by atoms with van der Waals surface area (Å²) in [5.74, 6) is 0.309. The Morgan fingerprint density at radius 1 is 1.37 bits per heavy atom. The highest BCUT2D eigenvalue weighted by Crippen LogP contribution is 2.53. The van der Waals surface area contributed by atoms with Crippen molar-refractivity contribution in [1.82, 2.24) is 4.90 Å². The Kier molecular flexibility index (Phi) is 2.73. The Labute approximate surface area is 113 Å². The lowest BCUT2D eigenvalue weighted by Crippen LogP contribution is -2.42. The smallest absolute Gasteiger partial charge is 0.234 e. The highest BCUT2D eigenvalue weighted by Gasteiger charge is 2.60. The van der Waals surface area contributed by atoms with Crippen LogP contribution in [0.3, 0.4) is 0 Å². The van der Waals surface area contributed by atoms with Crippen molar-refractivity contribution in [2.24, 2.45) is 23.7 Å². The topological polar surface area (TPSA) is 37.4 Å². The zero-order valence-electron chi connectivity index (χ0n) is 11.2. The number of imide groups is 1. The van der Waals surface area contributed by atoms with Crippen molar-refractivity contribution >= 4 is 11.8 Å². The van der Waals surface area contributed by atoms with Crippen LogP contribution < -0.4 is 0 Å². The molecule has 0 aromatic carbocycles. The molecule has 5 atom stereocenters. The van der Waals surface area contributed by atoms with Gasteiger partial charge in [-0.15, -0.1) is 6.58 Å².